The molecule has 66 valence electrons. The van der Waals surface area contributed by atoms with Crippen molar-refractivity contribution < 1.29 is 0 Å². The van der Waals surface area contributed by atoms with Gasteiger partial charge in [0.2, 0.25) is 0 Å². The van der Waals surface area contributed by atoms with E-state index in [4.69, 9.17) is 0 Å². The van der Waals surface area contributed by atoms with Crippen LogP contribution in [0.2, 0.25) is 0 Å². The zero-order chi connectivity index (χ0) is 9.10. The van der Waals surface area contributed by atoms with Gasteiger partial charge in [-0.05, 0) is 17.9 Å². The highest BCUT2D eigenvalue weighted by molar-refractivity contribution is 7.99. The summed E-state index contributed by atoms with van der Waals surface area (Å²) < 4.78 is 0. The van der Waals surface area contributed by atoms with Gasteiger partial charge in [0, 0.05) is 16.5 Å². The monoisotopic (exact) mass is 189 g/mol. The van der Waals surface area contributed by atoms with Gasteiger partial charge >= 0.3 is 0 Å². The van der Waals surface area contributed by atoms with Crippen LogP contribution in [0, 0.1) is 0 Å². The van der Waals surface area contributed by atoms with Crippen molar-refractivity contribution in [3.8, 4) is 0 Å². The number of aromatic nitrogens is 1. The van der Waals surface area contributed by atoms with Crippen molar-refractivity contribution in [3.05, 3.63) is 36.5 Å². The molecule has 0 saturated heterocycles. The van der Waals surface area contributed by atoms with Crippen LogP contribution in [0.5, 0.6) is 0 Å². The van der Waals surface area contributed by atoms with E-state index in [1.54, 1.807) is 0 Å². The Labute approximate surface area is 82.2 Å². The minimum absolute atomic E-state index is 1.09. The molecule has 0 aliphatic heterocycles. The number of fused-ring (bicyclic) bond motifs is 1. The third-order valence-corrected chi connectivity index (χ3v) is 2.82. The molecule has 1 heterocycles. The van der Waals surface area contributed by atoms with Gasteiger partial charge in [-0.1, -0.05) is 25.1 Å². The number of rotatable bonds is 2. The van der Waals surface area contributed by atoms with E-state index in [0.29, 0.717) is 0 Å². The van der Waals surface area contributed by atoms with Gasteiger partial charge in [-0.2, -0.15) is 0 Å². The second-order valence-corrected chi connectivity index (χ2v) is 4.07. The fourth-order valence-electron chi connectivity index (χ4n) is 1.35. The molecule has 0 aliphatic rings. The van der Waals surface area contributed by atoms with E-state index in [2.05, 4.69) is 36.2 Å². The van der Waals surface area contributed by atoms with Gasteiger partial charge in [0.15, 0.2) is 0 Å². The highest BCUT2D eigenvalue weighted by atomic mass is 32.2. The normalized spacial score (nSPS) is 10.5. The zero-order valence-electron chi connectivity index (χ0n) is 7.53. The fraction of sp³-hybridized carbons (Fsp3) is 0.182. The van der Waals surface area contributed by atoms with Crippen LogP contribution >= 0.6 is 11.8 Å². The second-order valence-electron chi connectivity index (χ2n) is 2.76. The number of benzene rings is 1. The number of thioether (sulfide) groups is 1. The van der Waals surface area contributed by atoms with Gasteiger partial charge in [-0.15, -0.1) is 11.8 Å². The number of hydrogen-bond acceptors (Lipinski definition) is 2. The molecule has 0 saturated carbocycles. The number of para-hydroxylation sites is 1. The van der Waals surface area contributed by atoms with Gasteiger partial charge in [0.25, 0.3) is 0 Å². The summed E-state index contributed by atoms with van der Waals surface area (Å²) in [5, 5.41) is 1.22. The predicted octanol–water partition coefficient (Wildman–Crippen LogP) is 3.35. The SMILES string of the molecule is CCSc1cccc2cccnc12. The van der Waals surface area contributed by atoms with Crippen LogP contribution in [0.15, 0.2) is 41.4 Å². The van der Waals surface area contributed by atoms with E-state index in [0.717, 1.165) is 11.3 Å². The van der Waals surface area contributed by atoms with Crippen LogP contribution in [0.1, 0.15) is 6.92 Å². The topological polar surface area (TPSA) is 12.9 Å². The van der Waals surface area contributed by atoms with Crippen LogP contribution < -0.4 is 0 Å². The molecule has 0 unspecified atom stereocenters. The molecule has 2 rings (SSSR count). The van der Waals surface area contributed by atoms with Crippen molar-refractivity contribution in [2.24, 2.45) is 0 Å². The quantitative estimate of drug-likeness (QED) is 0.672. The van der Waals surface area contributed by atoms with Crippen molar-refractivity contribution in [1.29, 1.82) is 0 Å². The minimum atomic E-state index is 1.09. The lowest BCUT2D eigenvalue weighted by Gasteiger charge is -2.02. The molecule has 1 nitrogen and oxygen atoms in total. The van der Waals surface area contributed by atoms with Crippen LogP contribution in [0.25, 0.3) is 10.9 Å². The van der Waals surface area contributed by atoms with Crippen LogP contribution in [0.3, 0.4) is 0 Å². The summed E-state index contributed by atoms with van der Waals surface area (Å²) in [7, 11) is 0. The Kier molecular flexibility index (Phi) is 2.50. The van der Waals surface area contributed by atoms with Gasteiger partial charge in [0.1, 0.15) is 0 Å². The highest BCUT2D eigenvalue weighted by Gasteiger charge is 1.99. The summed E-state index contributed by atoms with van der Waals surface area (Å²) in [6.45, 7) is 2.16. The molecule has 0 atom stereocenters. The highest BCUT2D eigenvalue weighted by Crippen LogP contribution is 2.25. The lowest BCUT2D eigenvalue weighted by molar-refractivity contribution is 1.34. The smallest absolute Gasteiger partial charge is 0.0837 e. The first-order valence-corrected chi connectivity index (χ1v) is 5.37. The molecule has 1 aromatic heterocycles. The standard InChI is InChI=1S/C11H11NS/c1-2-13-10-7-3-5-9-6-4-8-12-11(9)10/h3-8H,2H2,1H3. The summed E-state index contributed by atoms with van der Waals surface area (Å²) in [5.74, 6) is 1.09. The molecule has 0 N–H and O–H groups in total. The zero-order valence-corrected chi connectivity index (χ0v) is 8.34. The van der Waals surface area contributed by atoms with Crippen LogP contribution in [-0.4, -0.2) is 10.7 Å². The third kappa shape index (κ3) is 1.68. The molecule has 0 bridgehead atoms. The van der Waals surface area contributed by atoms with Crippen molar-refractivity contribution in [2.75, 3.05) is 5.75 Å². The van der Waals surface area contributed by atoms with Crippen molar-refractivity contribution in [1.82, 2.24) is 4.98 Å². The molecule has 2 heteroatoms. The first-order valence-electron chi connectivity index (χ1n) is 4.38. The minimum Gasteiger partial charge on any atom is -0.255 e. The largest absolute Gasteiger partial charge is 0.255 e. The molecule has 13 heavy (non-hydrogen) atoms. The van der Waals surface area contributed by atoms with E-state index < -0.39 is 0 Å². The molecule has 1 aromatic carbocycles. The Morgan fingerprint density at radius 2 is 2.08 bits per heavy atom. The molecular weight excluding hydrogens is 178 g/mol. The number of nitrogens with zero attached hydrogens (tertiary/aromatic N) is 1. The molecule has 0 fully saturated rings. The Morgan fingerprint density at radius 3 is 2.92 bits per heavy atom. The molecule has 0 radical (unpaired) electrons. The van der Waals surface area contributed by atoms with Gasteiger partial charge in [-0.3, -0.25) is 4.98 Å². The molecule has 0 aliphatic carbocycles. The van der Waals surface area contributed by atoms with Crippen molar-refractivity contribution in [3.63, 3.8) is 0 Å². The van der Waals surface area contributed by atoms with E-state index >= 15 is 0 Å². The number of pyridine rings is 1. The van der Waals surface area contributed by atoms with Crippen molar-refractivity contribution in [2.45, 2.75) is 11.8 Å². The molecule has 0 amide bonds. The van der Waals surface area contributed by atoms with Crippen LogP contribution in [-0.2, 0) is 0 Å². The maximum atomic E-state index is 4.38. The average Bonchev–Trinajstić information content (AvgIpc) is 2.19. The van der Waals surface area contributed by atoms with Gasteiger partial charge in [0.05, 0.1) is 5.52 Å². The summed E-state index contributed by atoms with van der Waals surface area (Å²) in [5.41, 5.74) is 1.12. The average molecular weight is 189 g/mol. The summed E-state index contributed by atoms with van der Waals surface area (Å²) in [6, 6.07) is 10.4. The maximum absolute atomic E-state index is 4.38. The Morgan fingerprint density at radius 1 is 1.23 bits per heavy atom. The summed E-state index contributed by atoms with van der Waals surface area (Å²) >= 11 is 1.84. The number of hydrogen-bond donors (Lipinski definition) is 0. The van der Waals surface area contributed by atoms with Crippen LogP contribution in [0.4, 0.5) is 0 Å². The second kappa shape index (κ2) is 3.79. The summed E-state index contributed by atoms with van der Waals surface area (Å²) in [4.78, 5) is 5.66. The van der Waals surface area contributed by atoms with Gasteiger partial charge < -0.3 is 0 Å². The van der Waals surface area contributed by atoms with E-state index in [9.17, 15) is 0 Å². The lowest BCUT2D eigenvalue weighted by atomic mass is 10.2. The Balaban J connectivity index is 2.61. The third-order valence-electron chi connectivity index (χ3n) is 1.90. The van der Waals surface area contributed by atoms with E-state index in [-0.39, 0.29) is 0 Å². The lowest BCUT2D eigenvalue weighted by Crippen LogP contribution is -1.81. The molecule has 0 spiro atoms. The van der Waals surface area contributed by atoms with Crippen molar-refractivity contribution >= 4 is 22.7 Å². The van der Waals surface area contributed by atoms with Gasteiger partial charge in [-0.25, -0.2) is 0 Å². The Bertz CT molecular complexity index is 406. The molecular formula is C11H11NS. The predicted molar refractivity (Wildman–Crippen MR) is 58.1 cm³/mol. The first kappa shape index (κ1) is 8.57. The summed E-state index contributed by atoms with van der Waals surface area (Å²) in [6.07, 6.45) is 1.85. The molecule has 2 aromatic rings. The fourth-order valence-corrected chi connectivity index (χ4v) is 2.14. The van der Waals surface area contributed by atoms with E-state index in [1.807, 2.05) is 24.0 Å². The van der Waals surface area contributed by atoms with E-state index in [1.165, 1.54) is 10.3 Å². The first-order chi connectivity index (χ1) is 6.42. The Hall–Kier alpha value is -1.02. The maximum Gasteiger partial charge on any atom is 0.0837 e.